The highest BCUT2D eigenvalue weighted by Crippen LogP contribution is 2.17. The van der Waals surface area contributed by atoms with E-state index in [1.165, 1.54) is 13.8 Å². The molecule has 9 heteroatoms. The van der Waals surface area contributed by atoms with Crippen molar-refractivity contribution < 1.29 is 29.2 Å². The van der Waals surface area contributed by atoms with E-state index in [0.717, 1.165) is 5.01 Å². The van der Waals surface area contributed by atoms with Crippen molar-refractivity contribution in [3.8, 4) is 0 Å². The number of hydrazine groups is 1. The van der Waals surface area contributed by atoms with E-state index in [0.29, 0.717) is 6.42 Å². The smallest absolute Gasteiger partial charge is 0.332 e. The van der Waals surface area contributed by atoms with Crippen molar-refractivity contribution in [2.24, 2.45) is 5.28 Å². The van der Waals surface area contributed by atoms with Crippen LogP contribution >= 0.6 is 0 Å². The molecule has 0 amide bonds. The Kier molecular flexibility index (Phi) is 4.07. The summed E-state index contributed by atoms with van der Waals surface area (Å²) in [5.41, 5.74) is 0. The summed E-state index contributed by atoms with van der Waals surface area (Å²) in [6.45, 7) is 2.85. The van der Waals surface area contributed by atoms with E-state index < -0.39 is 24.3 Å². The van der Waals surface area contributed by atoms with Crippen molar-refractivity contribution in [1.29, 1.82) is 0 Å². The fraction of sp³-hybridized carbons (Fsp3) is 0.750. The summed E-state index contributed by atoms with van der Waals surface area (Å²) in [5.74, 6) is -1.67. The van der Waals surface area contributed by atoms with Gasteiger partial charge in [-0.15, -0.1) is 5.01 Å². The Hall–Kier alpha value is -2.06. The van der Waals surface area contributed by atoms with Crippen LogP contribution in [0.25, 0.3) is 0 Å². The number of carboxylic acids is 1. The summed E-state index contributed by atoms with van der Waals surface area (Å²) in [6.07, 6.45) is -0.628. The molecule has 17 heavy (non-hydrogen) atoms. The molecule has 0 saturated carbocycles. The molecular weight excluding hydrogens is 234 g/mol. The average molecular weight is 247 g/mol. The fourth-order valence-corrected chi connectivity index (χ4v) is 1.24. The first kappa shape index (κ1) is 13.0. The molecule has 0 spiro atoms. The van der Waals surface area contributed by atoms with Gasteiger partial charge < -0.3 is 15.1 Å². The molecular formula is C8H13N3O6. The monoisotopic (exact) mass is 247 g/mol. The molecule has 0 aromatic carbocycles. The number of aliphatic carboxylic acids is 1. The first-order valence-corrected chi connectivity index (χ1v) is 4.92. The molecule has 0 aromatic rings. The summed E-state index contributed by atoms with van der Waals surface area (Å²) in [7, 11) is 0. The van der Waals surface area contributed by atoms with Crippen LogP contribution in [0.3, 0.4) is 0 Å². The van der Waals surface area contributed by atoms with E-state index in [9.17, 15) is 14.8 Å². The maximum Gasteiger partial charge on any atom is 0.332 e. The Morgan fingerprint density at radius 1 is 1.65 bits per heavy atom. The zero-order chi connectivity index (χ0) is 13.0. The van der Waals surface area contributed by atoms with Gasteiger partial charge in [-0.05, 0) is 0 Å². The normalized spacial score (nSPS) is 21.4. The van der Waals surface area contributed by atoms with Gasteiger partial charge in [0.2, 0.25) is 5.28 Å². The highest BCUT2D eigenvalue weighted by molar-refractivity contribution is 5.74. The van der Waals surface area contributed by atoms with Crippen molar-refractivity contribution in [1.82, 2.24) is 5.01 Å². The molecule has 9 nitrogen and oxygen atoms in total. The van der Waals surface area contributed by atoms with Crippen LogP contribution in [0.2, 0.25) is 0 Å². The Morgan fingerprint density at radius 3 is 2.71 bits per heavy atom. The van der Waals surface area contributed by atoms with E-state index in [2.05, 4.69) is 14.9 Å². The third kappa shape index (κ3) is 3.47. The summed E-state index contributed by atoms with van der Waals surface area (Å²) in [4.78, 5) is 25.7. The molecule has 96 valence electrons. The molecule has 1 fully saturated rings. The van der Waals surface area contributed by atoms with Gasteiger partial charge in [0.1, 0.15) is 0 Å². The molecule has 0 aliphatic carbocycles. The number of hydrogen-bond donors (Lipinski definition) is 1. The number of ether oxygens (including phenoxy) is 1. The number of carbonyl (C=O) groups is 2. The average Bonchev–Trinajstić information content (AvgIpc) is 2.10. The molecule has 1 aliphatic rings. The number of rotatable bonds is 5. The van der Waals surface area contributed by atoms with Crippen LogP contribution in [0, 0.1) is 5.21 Å². The highest BCUT2D eigenvalue weighted by atomic mass is 16.8. The third-order valence-electron chi connectivity index (χ3n) is 2.09. The summed E-state index contributed by atoms with van der Waals surface area (Å²) < 4.78 is 4.55. The quantitative estimate of drug-likeness (QED) is 0.236. The van der Waals surface area contributed by atoms with Gasteiger partial charge in [0.25, 0.3) is 6.29 Å². The highest BCUT2D eigenvalue weighted by Gasteiger charge is 2.41. The number of carboxylic acid groups (broad SMARTS) is 1. The van der Waals surface area contributed by atoms with Crippen LogP contribution in [0.5, 0.6) is 0 Å². The van der Waals surface area contributed by atoms with Gasteiger partial charge in [-0.3, -0.25) is 9.63 Å². The Morgan fingerprint density at radius 2 is 2.29 bits per heavy atom. The maximum atomic E-state index is 11.3. The molecule has 0 aromatic heterocycles. The Bertz CT molecular complexity index is 344. The molecule has 1 unspecified atom stereocenters. The van der Waals surface area contributed by atoms with Crippen molar-refractivity contribution >= 4 is 11.9 Å². The zero-order valence-electron chi connectivity index (χ0n) is 9.40. The van der Waals surface area contributed by atoms with Gasteiger partial charge in [-0.2, -0.15) is 0 Å². The number of hydrogen-bond acceptors (Lipinski definition) is 6. The SMILES string of the molecule is CC(=O)OC(C)O/N=[N+](\[O-])N1CC[C@H]1C(=O)O. The van der Waals surface area contributed by atoms with Crippen molar-refractivity contribution in [2.75, 3.05) is 6.54 Å². The van der Waals surface area contributed by atoms with Crippen LogP contribution in [0.1, 0.15) is 20.3 Å². The maximum absolute atomic E-state index is 11.3. The molecule has 1 N–H and O–H groups in total. The zero-order valence-corrected chi connectivity index (χ0v) is 9.40. The van der Waals surface area contributed by atoms with Gasteiger partial charge in [0.15, 0.2) is 6.04 Å². The second-order valence-corrected chi connectivity index (χ2v) is 3.42. The minimum absolute atomic E-state index is 0.0439. The van der Waals surface area contributed by atoms with Crippen molar-refractivity contribution in [3.05, 3.63) is 5.21 Å². The standard InChI is InChI=1S/C8H13N3O6/c1-5(12)16-6(2)17-9-11(15)10-4-3-7(10)8(13)14/h6-7H,3-4H2,1-2H3,(H,13,14)/b11-9-/t6?,7-/m0/s1. The molecule has 0 bridgehead atoms. The van der Waals surface area contributed by atoms with Gasteiger partial charge in [-0.1, -0.05) is 0 Å². The van der Waals surface area contributed by atoms with E-state index in [1.807, 2.05) is 0 Å². The summed E-state index contributed by atoms with van der Waals surface area (Å²) >= 11 is 0. The third-order valence-corrected chi connectivity index (χ3v) is 2.09. The lowest BCUT2D eigenvalue weighted by Crippen LogP contribution is -2.55. The number of nitrogens with zero attached hydrogens (tertiary/aromatic N) is 3. The second-order valence-electron chi connectivity index (χ2n) is 3.42. The molecule has 2 atom stereocenters. The Labute approximate surface area is 96.7 Å². The van der Waals surface area contributed by atoms with E-state index in [-0.39, 0.29) is 11.5 Å². The largest absolute Gasteiger partial charge is 0.569 e. The molecule has 1 saturated heterocycles. The van der Waals surface area contributed by atoms with Crippen LogP contribution in [-0.2, 0) is 19.2 Å². The minimum atomic E-state index is -1.10. The van der Waals surface area contributed by atoms with E-state index in [4.69, 9.17) is 5.11 Å². The van der Waals surface area contributed by atoms with Crippen molar-refractivity contribution in [3.63, 3.8) is 0 Å². The van der Waals surface area contributed by atoms with Crippen LogP contribution < -0.4 is 0 Å². The molecule has 0 radical (unpaired) electrons. The fourth-order valence-electron chi connectivity index (χ4n) is 1.24. The molecule has 1 heterocycles. The predicted octanol–water partition coefficient (Wildman–Crippen LogP) is -0.136. The molecule has 1 aliphatic heterocycles. The predicted molar refractivity (Wildman–Crippen MR) is 51.1 cm³/mol. The van der Waals surface area contributed by atoms with Gasteiger partial charge in [0.05, 0.1) is 11.5 Å². The van der Waals surface area contributed by atoms with Crippen LogP contribution in [-0.4, -0.2) is 45.9 Å². The van der Waals surface area contributed by atoms with E-state index in [1.54, 1.807) is 0 Å². The number of carbonyl (C=O) groups excluding carboxylic acids is 1. The van der Waals surface area contributed by atoms with Crippen LogP contribution in [0.15, 0.2) is 5.28 Å². The van der Waals surface area contributed by atoms with E-state index >= 15 is 0 Å². The van der Waals surface area contributed by atoms with Gasteiger partial charge >= 0.3 is 11.9 Å². The van der Waals surface area contributed by atoms with Crippen LogP contribution in [0.4, 0.5) is 0 Å². The minimum Gasteiger partial charge on any atom is -0.569 e. The lowest BCUT2D eigenvalue weighted by molar-refractivity contribution is -0.730. The lowest BCUT2D eigenvalue weighted by Gasteiger charge is -2.32. The van der Waals surface area contributed by atoms with Gasteiger partial charge in [0, 0.05) is 20.3 Å². The Balaban J connectivity index is 2.44. The van der Waals surface area contributed by atoms with Gasteiger partial charge in [-0.25, -0.2) is 4.79 Å². The molecule has 1 rings (SSSR count). The second kappa shape index (κ2) is 5.32. The number of esters is 1. The summed E-state index contributed by atoms with van der Waals surface area (Å²) in [5, 5.41) is 24.0. The first-order chi connectivity index (χ1) is 7.91. The lowest BCUT2D eigenvalue weighted by atomic mass is 10.1. The van der Waals surface area contributed by atoms with Crippen molar-refractivity contribution in [2.45, 2.75) is 32.6 Å². The topological polar surface area (TPSA) is 114 Å². The summed E-state index contributed by atoms with van der Waals surface area (Å²) in [6, 6.07) is -0.885. The first-order valence-electron chi connectivity index (χ1n) is 4.92.